The van der Waals surface area contributed by atoms with Crippen molar-refractivity contribution in [2.75, 3.05) is 6.61 Å². The second-order valence-corrected chi connectivity index (χ2v) is 8.03. The lowest BCUT2D eigenvalue weighted by Gasteiger charge is -2.21. The third-order valence-corrected chi connectivity index (χ3v) is 5.91. The number of hydrogen-bond donors (Lipinski definition) is 0. The summed E-state index contributed by atoms with van der Waals surface area (Å²) in [6, 6.07) is 18.9. The largest absolute Gasteiger partial charge is 0.463 e. The molecule has 6 heteroatoms. The Balaban J connectivity index is 1.88. The van der Waals surface area contributed by atoms with Crippen LogP contribution in [-0.2, 0) is 9.53 Å². The molecule has 0 amide bonds. The average Bonchev–Trinajstić information content (AvgIpc) is 3.08. The Bertz CT molecular complexity index is 1330. The lowest BCUT2D eigenvalue weighted by molar-refractivity contribution is -0.139. The third-order valence-electron chi connectivity index (χ3n) is 4.93. The van der Waals surface area contributed by atoms with Gasteiger partial charge in [-0.15, -0.1) is 0 Å². The lowest BCUT2D eigenvalue weighted by Crippen LogP contribution is -2.38. The monoisotopic (exact) mass is 430 g/mol. The quantitative estimate of drug-likeness (QED) is 0.583. The normalized spacial score (nSPS) is 16.3. The number of thiazole rings is 1. The van der Waals surface area contributed by atoms with Crippen LogP contribution in [0.4, 0.5) is 0 Å². The maximum atomic E-state index is 13.3. The molecule has 5 nitrogen and oxygen atoms in total. The van der Waals surface area contributed by atoms with Crippen LogP contribution in [0.2, 0.25) is 0 Å². The van der Waals surface area contributed by atoms with Gasteiger partial charge in [0.05, 0.1) is 28.5 Å². The maximum Gasteiger partial charge on any atom is 0.338 e. The summed E-state index contributed by atoms with van der Waals surface area (Å²) >= 11 is 1.32. The molecule has 0 saturated heterocycles. The van der Waals surface area contributed by atoms with E-state index in [9.17, 15) is 9.59 Å². The van der Waals surface area contributed by atoms with Crippen LogP contribution in [-0.4, -0.2) is 17.1 Å². The number of ether oxygens (including phenoxy) is 1. The van der Waals surface area contributed by atoms with Crippen LogP contribution in [0.15, 0.2) is 87.8 Å². The Labute approximate surface area is 184 Å². The Kier molecular flexibility index (Phi) is 6.09. The molecule has 0 aliphatic carbocycles. The van der Waals surface area contributed by atoms with E-state index < -0.39 is 12.0 Å². The summed E-state index contributed by atoms with van der Waals surface area (Å²) in [7, 11) is 0. The van der Waals surface area contributed by atoms with E-state index in [-0.39, 0.29) is 12.2 Å². The van der Waals surface area contributed by atoms with Gasteiger partial charge in [-0.25, -0.2) is 9.79 Å². The molecule has 0 saturated carbocycles. The number of aromatic nitrogens is 1. The van der Waals surface area contributed by atoms with Crippen LogP contribution in [0.1, 0.15) is 31.0 Å². The summed E-state index contributed by atoms with van der Waals surface area (Å²) in [6.45, 7) is 3.80. The summed E-state index contributed by atoms with van der Waals surface area (Å²) < 4.78 is 7.43. The van der Waals surface area contributed by atoms with Gasteiger partial charge in [-0.2, -0.15) is 0 Å². The van der Waals surface area contributed by atoms with Gasteiger partial charge < -0.3 is 4.74 Å². The van der Waals surface area contributed by atoms with Crippen molar-refractivity contribution in [3.8, 4) is 0 Å². The van der Waals surface area contributed by atoms with Crippen LogP contribution >= 0.6 is 11.3 Å². The van der Waals surface area contributed by atoms with Crippen LogP contribution in [0.3, 0.4) is 0 Å². The van der Waals surface area contributed by atoms with Crippen LogP contribution < -0.4 is 14.9 Å². The molecule has 2 heterocycles. The molecule has 0 unspecified atom stereocenters. The number of esters is 1. The number of nitrogens with zero attached hydrogens (tertiary/aromatic N) is 2. The minimum atomic E-state index is -0.589. The Morgan fingerprint density at radius 3 is 2.39 bits per heavy atom. The van der Waals surface area contributed by atoms with Crippen molar-refractivity contribution >= 4 is 29.5 Å². The summed E-state index contributed by atoms with van der Waals surface area (Å²) in [6.07, 6.45) is 5.63. The number of benzene rings is 2. The van der Waals surface area contributed by atoms with E-state index in [0.717, 1.165) is 11.1 Å². The number of hydrogen-bond acceptors (Lipinski definition) is 5. The van der Waals surface area contributed by atoms with Gasteiger partial charge >= 0.3 is 5.97 Å². The zero-order valence-electron chi connectivity index (χ0n) is 17.3. The SMILES string of the molecule is CCOC(=O)C1=C(C)N=c2s/c(=C/c3ccccc3)c(=O)n2[C@H]1/C=C/c1ccccc1. The molecule has 3 aromatic rings. The van der Waals surface area contributed by atoms with Crippen molar-refractivity contribution in [3.63, 3.8) is 0 Å². The van der Waals surface area contributed by atoms with Crippen molar-refractivity contribution in [2.24, 2.45) is 4.99 Å². The molecular formula is C25H22N2O3S. The number of allylic oxidation sites excluding steroid dienone is 2. The van der Waals surface area contributed by atoms with Crippen molar-refractivity contribution in [1.29, 1.82) is 0 Å². The molecule has 1 aromatic heterocycles. The first-order chi connectivity index (χ1) is 15.1. The molecule has 4 rings (SSSR count). The standard InChI is InChI=1S/C25H22N2O3S/c1-3-30-24(29)22-17(2)26-25-27(20(22)15-14-18-10-6-4-7-11-18)23(28)21(31-25)16-19-12-8-5-9-13-19/h4-16,20H,3H2,1-2H3/b15-14+,21-16+/t20-/m0/s1. The number of rotatable bonds is 5. The maximum absolute atomic E-state index is 13.3. The fourth-order valence-corrected chi connectivity index (χ4v) is 4.54. The second-order valence-electron chi connectivity index (χ2n) is 7.03. The lowest BCUT2D eigenvalue weighted by atomic mass is 10.0. The van der Waals surface area contributed by atoms with Crippen molar-refractivity contribution in [3.05, 3.63) is 109 Å². The minimum Gasteiger partial charge on any atom is -0.463 e. The molecule has 156 valence electrons. The van der Waals surface area contributed by atoms with E-state index in [2.05, 4.69) is 4.99 Å². The molecule has 2 aromatic carbocycles. The highest BCUT2D eigenvalue weighted by atomic mass is 32.1. The predicted octanol–water partition coefficient (Wildman–Crippen LogP) is 3.46. The summed E-state index contributed by atoms with van der Waals surface area (Å²) in [5.74, 6) is -0.455. The van der Waals surface area contributed by atoms with Gasteiger partial charge in [-0.1, -0.05) is 84.2 Å². The van der Waals surface area contributed by atoms with Gasteiger partial charge in [0.2, 0.25) is 0 Å². The highest BCUT2D eigenvalue weighted by Gasteiger charge is 2.30. The molecule has 0 N–H and O–H groups in total. The Morgan fingerprint density at radius 1 is 1.10 bits per heavy atom. The summed E-state index contributed by atoms with van der Waals surface area (Å²) in [5.41, 5.74) is 2.68. The number of fused-ring (bicyclic) bond motifs is 1. The van der Waals surface area contributed by atoms with E-state index in [4.69, 9.17) is 4.74 Å². The molecule has 0 fully saturated rings. The van der Waals surface area contributed by atoms with Gasteiger partial charge in [-0.05, 0) is 31.1 Å². The highest BCUT2D eigenvalue weighted by Crippen LogP contribution is 2.26. The van der Waals surface area contributed by atoms with Crippen molar-refractivity contribution in [2.45, 2.75) is 19.9 Å². The van der Waals surface area contributed by atoms with E-state index in [1.54, 1.807) is 18.4 Å². The smallest absolute Gasteiger partial charge is 0.338 e. The first kappa shape index (κ1) is 20.8. The molecule has 1 aliphatic rings. The van der Waals surface area contributed by atoms with Gasteiger partial charge in [0.15, 0.2) is 4.80 Å². The van der Waals surface area contributed by atoms with E-state index in [1.807, 2.05) is 78.9 Å². The zero-order chi connectivity index (χ0) is 21.8. The summed E-state index contributed by atoms with van der Waals surface area (Å²) in [5, 5.41) is 0. The fraction of sp³-hybridized carbons (Fsp3) is 0.160. The van der Waals surface area contributed by atoms with Crippen LogP contribution in [0, 0.1) is 0 Å². The van der Waals surface area contributed by atoms with Crippen LogP contribution in [0.25, 0.3) is 12.2 Å². The molecule has 1 aliphatic heterocycles. The Morgan fingerprint density at radius 2 is 1.74 bits per heavy atom. The van der Waals surface area contributed by atoms with Crippen molar-refractivity contribution in [1.82, 2.24) is 4.57 Å². The fourth-order valence-electron chi connectivity index (χ4n) is 3.48. The average molecular weight is 431 g/mol. The molecule has 31 heavy (non-hydrogen) atoms. The third kappa shape index (κ3) is 4.34. The topological polar surface area (TPSA) is 60.7 Å². The minimum absolute atomic E-state index is 0.176. The van der Waals surface area contributed by atoms with Crippen molar-refractivity contribution < 1.29 is 9.53 Å². The van der Waals surface area contributed by atoms with Gasteiger partial charge in [0, 0.05) is 0 Å². The predicted molar refractivity (Wildman–Crippen MR) is 123 cm³/mol. The zero-order valence-corrected chi connectivity index (χ0v) is 18.1. The molecule has 0 bridgehead atoms. The van der Waals surface area contributed by atoms with Gasteiger partial charge in [-0.3, -0.25) is 9.36 Å². The first-order valence-corrected chi connectivity index (χ1v) is 10.9. The molecule has 0 spiro atoms. The number of carbonyl (C=O) groups is 1. The summed E-state index contributed by atoms with van der Waals surface area (Å²) in [4.78, 5) is 31.2. The Hall–Kier alpha value is -3.51. The highest BCUT2D eigenvalue weighted by molar-refractivity contribution is 7.07. The van der Waals surface area contributed by atoms with Crippen LogP contribution in [0.5, 0.6) is 0 Å². The van der Waals surface area contributed by atoms with E-state index in [1.165, 1.54) is 11.3 Å². The molecule has 0 radical (unpaired) electrons. The molecule has 1 atom stereocenters. The second kappa shape index (κ2) is 9.10. The molecular weight excluding hydrogens is 408 g/mol. The number of carbonyl (C=O) groups excluding carboxylic acids is 1. The van der Waals surface area contributed by atoms with E-state index >= 15 is 0 Å². The van der Waals surface area contributed by atoms with Gasteiger partial charge in [0.1, 0.15) is 0 Å². The van der Waals surface area contributed by atoms with E-state index in [0.29, 0.717) is 20.6 Å². The first-order valence-electron chi connectivity index (χ1n) is 10.1. The van der Waals surface area contributed by atoms with Gasteiger partial charge in [0.25, 0.3) is 5.56 Å².